The van der Waals surface area contributed by atoms with E-state index in [0.29, 0.717) is 0 Å². The van der Waals surface area contributed by atoms with E-state index in [0.717, 1.165) is 0 Å². The Morgan fingerprint density at radius 3 is 2.64 bits per heavy atom. The van der Waals surface area contributed by atoms with E-state index in [-0.39, 0.29) is 0 Å². The minimum atomic E-state index is -0.894. The predicted octanol–water partition coefficient (Wildman–Crippen LogP) is 2.18. The molecule has 0 aromatic heterocycles. The lowest BCUT2D eigenvalue weighted by atomic mass is 10.0. The van der Waals surface area contributed by atoms with Gasteiger partial charge in [-0.25, -0.2) is 0 Å². The van der Waals surface area contributed by atoms with Crippen molar-refractivity contribution < 1.29 is 9.90 Å². The minimum absolute atomic E-state index is 0.630. The largest absolute Gasteiger partial charge is 0.481 e. The summed E-state index contributed by atoms with van der Waals surface area (Å²) < 4.78 is -0.807. The Morgan fingerprint density at radius 1 is 1.64 bits per heavy atom. The molecule has 1 N–H and O–H groups in total. The molecule has 11 heavy (non-hydrogen) atoms. The van der Waals surface area contributed by atoms with Crippen molar-refractivity contribution in [2.75, 3.05) is 0 Å². The van der Waals surface area contributed by atoms with Gasteiger partial charge in [-0.2, -0.15) is 0 Å². The van der Waals surface area contributed by atoms with Crippen molar-refractivity contribution in [3.05, 3.63) is 24.3 Å². The Labute approximate surface area is 83.1 Å². The van der Waals surface area contributed by atoms with Crippen molar-refractivity contribution in [1.82, 2.24) is 0 Å². The van der Waals surface area contributed by atoms with Crippen molar-refractivity contribution in [2.24, 2.45) is 5.92 Å². The number of carboxylic acids is 1. The van der Waals surface area contributed by atoms with Crippen LogP contribution in [0.15, 0.2) is 24.3 Å². The molecule has 0 radical (unpaired) electrons. The molecular weight excluding hydrogens is 278 g/mol. The van der Waals surface area contributed by atoms with E-state index in [1.165, 1.54) is 0 Å². The number of allylic oxidation sites excluding steroid dienone is 3. The fraction of sp³-hybridized carbons (Fsp3) is 0.286. The first kappa shape index (κ1) is 9.06. The van der Waals surface area contributed by atoms with E-state index in [9.17, 15) is 4.79 Å². The number of alkyl halides is 2. The fourth-order valence-electron chi connectivity index (χ4n) is 0.838. The summed E-state index contributed by atoms with van der Waals surface area (Å²) >= 11 is 7.82. The molecule has 1 aliphatic carbocycles. The van der Waals surface area contributed by atoms with Crippen LogP contribution in [0, 0.1) is 5.92 Å². The van der Waals surface area contributed by atoms with E-state index in [1.807, 2.05) is 22.6 Å². The number of hydrogen-bond acceptors (Lipinski definition) is 1. The molecule has 2 nitrogen and oxygen atoms in total. The zero-order chi connectivity index (χ0) is 8.48. The highest BCUT2D eigenvalue weighted by Gasteiger charge is 2.36. The summed E-state index contributed by atoms with van der Waals surface area (Å²) in [6.07, 6.45) is 6.70. The van der Waals surface area contributed by atoms with Gasteiger partial charge in [0.25, 0.3) is 0 Å². The molecule has 0 saturated heterocycles. The Balaban J connectivity index is 2.89. The van der Waals surface area contributed by atoms with Crippen LogP contribution in [0.2, 0.25) is 0 Å². The summed E-state index contributed by atoms with van der Waals surface area (Å²) in [7, 11) is 0. The number of aliphatic carboxylic acids is 1. The minimum Gasteiger partial charge on any atom is -0.481 e. The predicted molar refractivity (Wildman–Crippen MR) is 52.0 cm³/mol. The zero-order valence-electron chi connectivity index (χ0n) is 5.50. The second kappa shape index (κ2) is 3.15. The molecule has 0 aliphatic heterocycles. The maximum atomic E-state index is 10.6. The second-order valence-corrected chi connectivity index (χ2v) is 5.28. The first-order valence-corrected chi connectivity index (χ1v) is 4.46. The molecular formula is C7H6ClIO2. The molecule has 0 saturated carbocycles. The average molecular weight is 284 g/mol. The molecule has 0 amide bonds. The van der Waals surface area contributed by atoms with Gasteiger partial charge in [-0.3, -0.25) is 4.79 Å². The molecule has 1 aliphatic rings. The van der Waals surface area contributed by atoms with Crippen LogP contribution < -0.4 is 0 Å². The Morgan fingerprint density at radius 2 is 2.27 bits per heavy atom. The molecule has 0 bridgehead atoms. The van der Waals surface area contributed by atoms with Gasteiger partial charge in [-0.15, -0.1) is 11.6 Å². The lowest BCUT2D eigenvalue weighted by Crippen LogP contribution is -2.29. The number of carbonyl (C=O) groups is 1. The van der Waals surface area contributed by atoms with Gasteiger partial charge in [0, 0.05) is 0 Å². The van der Waals surface area contributed by atoms with Crippen LogP contribution in [-0.2, 0) is 4.79 Å². The molecule has 0 aromatic carbocycles. The number of carboxylic acid groups (broad SMARTS) is 1. The molecule has 60 valence electrons. The van der Waals surface area contributed by atoms with E-state index >= 15 is 0 Å². The number of rotatable bonds is 1. The van der Waals surface area contributed by atoms with Crippen LogP contribution in [0.4, 0.5) is 0 Å². The molecule has 2 atom stereocenters. The van der Waals surface area contributed by atoms with Crippen molar-refractivity contribution in [3.63, 3.8) is 0 Å². The summed E-state index contributed by atoms with van der Waals surface area (Å²) in [5.74, 6) is -1.52. The molecule has 0 fully saturated rings. The molecule has 2 unspecified atom stereocenters. The van der Waals surface area contributed by atoms with Gasteiger partial charge in [-0.05, 0) is 0 Å². The van der Waals surface area contributed by atoms with Gasteiger partial charge in [0.1, 0.15) is 8.80 Å². The maximum absolute atomic E-state index is 10.6. The van der Waals surface area contributed by atoms with Crippen LogP contribution in [-0.4, -0.2) is 14.0 Å². The van der Waals surface area contributed by atoms with Gasteiger partial charge in [-0.1, -0.05) is 46.9 Å². The fourth-order valence-corrected chi connectivity index (χ4v) is 1.76. The van der Waals surface area contributed by atoms with E-state index in [2.05, 4.69) is 0 Å². The highest BCUT2D eigenvalue weighted by Crippen LogP contribution is 2.37. The summed E-state index contributed by atoms with van der Waals surface area (Å²) in [5, 5.41) is 8.70. The Bertz CT molecular complexity index is 233. The van der Waals surface area contributed by atoms with Crippen molar-refractivity contribution >= 4 is 40.2 Å². The summed E-state index contributed by atoms with van der Waals surface area (Å²) in [5.41, 5.74) is 0. The third-order valence-corrected chi connectivity index (χ3v) is 2.81. The van der Waals surface area contributed by atoms with Crippen LogP contribution in [0.3, 0.4) is 0 Å². The van der Waals surface area contributed by atoms with E-state index in [1.54, 1.807) is 24.3 Å². The molecule has 1 rings (SSSR count). The Hall–Kier alpha value is -0.0300. The van der Waals surface area contributed by atoms with Gasteiger partial charge in [0.15, 0.2) is 0 Å². The van der Waals surface area contributed by atoms with Crippen molar-refractivity contribution in [3.8, 4) is 0 Å². The molecule has 0 spiro atoms. The maximum Gasteiger partial charge on any atom is 0.313 e. The SMILES string of the molecule is O=C(O)C1C=CC=CC1(Cl)I. The standard InChI is InChI=1S/C7H6ClIO2/c8-7(9)4-2-1-3-5(7)6(10)11/h1-5H,(H,10,11). The van der Waals surface area contributed by atoms with Crippen LogP contribution in [0.25, 0.3) is 0 Å². The van der Waals surface area contributed by atoms with Gasteiger partial charge >= 0.3 is 5.97 Å². The monoisotopic (exact) mass is 284 g/mol. The number of hydrogen-bond donors (Lipinski definition) is 1. The second-order valence-electron chi connectivity index (χ2n) is 2.23. The third kappa shape index (κ3) is 1.96. The van der Waals surface area contributed by atoms with Crippen LogP contribution >= 0.6 is 34.2 Å². The first-order valence-electron chi connectivity index (χ1n) is 3.01. The van der Waals surface area contributed by atoms with Gasteiger partial charge in [0.2, 0.25) is 0 Å². The van der Waals surface area contributed by atoms with Crippen LogP contribution in [0.1, 0.15) is 0 Å². The lowest BCUT2D eigenvalue weighted by molar-refractivity contribution is -0.139. The highest BCUT2D eigenvalue weighted by molar-refractivity contribution is 14.1. The zero-order valence-corrected chi connectivity index (χ0v) is 8.41. The van der Waals surface area contributed by atoms with Crippen molar-refractivity contribution in [1.29, 1.82) is 0 Å². The Kier molecular flexibility index (Phi) is 2.59. The van der Waals surface area contributed by atoms with Crippen LogP contribution in [0.5, 0.6) is 0 Å². The molecule has 0 heterocycles. The first-order chi connectivity index (χ1) is 5.04. The average Bonchev–Trinajstić information content (AvgIpc) is 1.85. The lowest BCUT2D eigenvalue weighted by Gasteiger charge is -2.23. The topological polar surface area (TPSA) is 37.3 Å². The van der Waals surface area contributed by atoms with Gasteiger partial charge < -0.3 is 5.11 Å². The molecule has 0 aromatic rings. The summed E-state index contributed by atoms with van der Waals surface area (Å²) in [6.45, 7) is 0. The van der Waals surface area contributed by atoms with Gasteiger partial charge in [0.05, 0.1) is 0 Å². The van der Waals surface area contributed by atoms with E-state index in [4.69, 9.17) is 16.7 Å². The quantitative estimate of drug-likeness (QED) is 0.592. The smallest absolute Gasteiger partial charge is 0.313 e. The summed E-state index contributed by atoms with van der Waals surface area (Å²) in [4.78, 5) is 10.6. The number of halogens is 2. The summed E-state index contributed by atoms with van der Waals surface area (Å²) in [6, 6.07) is 0. The third-order valence-electron chi connectivity index (χ3n) is 1.41. The van der Waals surface area contributed by atoms with Crippen molar-refractivity contribution in [2.45, 2.75) is 2.88 Å². The van der Waals surface area contributed by atoms with E-state index < -0.39 is 14.8 Å². The highest BCUT2D eigenvalue weighted by atomic mass is 127. The normalized spacial score (nSPS) is 35.6. The molecule has 4 heteroatoms.